The summed E-state index contributed by atoms with van der Waals surface area (Å²) < 4.78 is 10.7. The first-order valence-corrected chi connectivity index (χ1v) is 7.82. The molecule has 23 heavy (non-hydrogen) atoms. The van der Waals surface area contributed by atoms with E-state index >= 15 is 0 Å². The van der Waals surface area contributed by atoms with Crippen LogP contribution in [-0.2, 0) is 9.59 Å². The minimum absolute atomic E-state index is 0.0437. The number of carboxylic acid groups (broad SMARTS) is 1. The van der Waals surface area contributed by atoms with E-state index in [9.17, 15) is 9.59 Å². The number of carbonyl (C=O) groups is 2. The lowest BCUT2D eigenvalue weighted by atomic mass is 10.0. The van der Waals surface area contributed by atoms with Gasteiger partial charge in [0.1, 0.15) is 11.5 Å². The van der Waals surface area contributed by atoms with Gasteiger partial charge in [-0.3, -0.25) is 9.59 Å². The van der Waals surface area contributed by atoms with Crippen LogP contribution in [0.4, 0.5) is 0 Å². The molecule has 0 radical (unpaired) electrons. The van der Waals surface area contributed by atoms with Gasteiger partial charge in [-0.25, -0.2) is 0 Å². The van der Waals surface area contributed by atoms with Crippen LogP contribution in [0.25, 0.3) is 0 Å². The van der Waals surface area contributed by atoms with Gasteiger partial charge in [-0.2, -0.15) is 0 Å². The Labute approximate surface area is 135 Å². The number of rotatable bonds is 5. The monoisotopic (exact) mass is 319 g/mol. The van der Waals surface area contributed by atoms with E-state index in [1.54, 1.807) is 14.2 Å². The summed E-state index contributed by atoms with van der Waals surface area (Å²) in [5, 5.41) is 9.03. The molecule has 1 aromatic rings. The number of amides is 1. The second-order valence-corrected chi connectivity index (χ2v) is 6.08. The van der Waals surface area contributed by atoms with E-state index in [0.29, 0.717) is 24.5 Å². The number of likely N-dealkylation sites (tertiary alicyclic amines) is 1. The molecule has 6 heteroatoms. The number of hydrogen-bond acceptors (Lipinski definition) is 4. The van der Waals surface area contributed by atoms with Crippen molar-refractivity contribution in [2.24, 2.45) is 11.8 Å². The number of carbonyl (C=O) groups excluding carboxylic acids is 1. The number of benzene rings is 1. The van der Waals surface area contributed by atoms with Crippen molar-refractivity contribution in [2.75, 3.05) is 20.8 Å². The van der Waals surface area contributed by atoms with Crippen molar-refractivity contribution in [1.82, 2.24) is 4.90 Å². The van der Waals surface area contributed by atoms with Gasteiger partial charge in [-0.05, 0) is 31.4 Å². The van der Waals surface area contributed by atoms with Crippen molar-refractivity contribution in [3.05, 3.63) is 23.8 Å². The second-order valence-electron chi connectivity index (χ2n) is 6.08. The molecule has 1 saturated heterocycles. The normalized spacial score (nSPS) is 26.0. The summed E-state index contributed by atoms with van der Waals surface area (Å²) in [6.45, 7) is 0.668. The Hall–Kier alpha value is -2.24. The number of aliphatic carboxylic acids is 1. The van der Waals surface area contributed by atoms with E-state index in [2.05, 4.69) is 0 Å². The SMILES string of the molecule is COc1ccc([C@@H]2CCCN2C(=O)[C@@H]2C[C@H]2C(=O)O)c(OC)c1. The molecule has 6 nitrogen and oxygen atoms in total. The van der Waals surface area contributed by atoms with Gasteiger partial charge in [0.05, 0.1) is 32.1 Å². The molecule has 0 bridgehead atoms. The predicted octanol–water partition coefficient (Wildman–Crippen LogP) is 2.09. The first kappa shape index (κ1) is 15.6. The Morgan fingerprint density at radius 1 is 1.22 bits per heavy atom. The molecule has 0 aromatic heterocycles. The van der Waals surface area contributed by atoms with Gasteiger partial charge >= 0.3 is 5.97 Å². The molecule has 1 heterocycles. The highest BCUT2D eigenvalue weighted by Gasteiger charge is 2.51. The standard InChI is InChI=1S/C17H21NO5/c1-22-10-5-6-11(15(8-10)23-2)14-4-3-7-18(14)16(19)12-9-13(12)17(20)21/h5-6,8,12-14H,3-4,7,9H2,1-2H3,(H,20,21)/t12-,13-,14+/m1/s1. The lowest BCUT2D eigenvalue weighted by molar-refractivity contribution is -0.142. The predicted molar refractivity (Wildman–Crippen MR) is 82.5 cm³/mol. The van der Waals surface area contributed by atoms with Crippen molar-refractivity contribution in [1.29, 1.82) is 0 Å². The molecule has 0 spiro atoms. The molecule has 0 unspecified atom stereocenters. The zero-order chi connectivity index (χ0) is 16.6. The zero-order valence-corrected chi connectivity index (χ0v) is 13.3. The fraction of sp³-hybridized carbons (Fsp3) is 0.529. The van der Waals surface area contributed by atoms with Crippen molar-refractivity contribution in [2.45, 2.75) is 25.3 Å². The maximum absolute atomic E-state index is 12.6. The average Bonchev–Trinajstić information content (AvgIpc) is 3.23. The summed E-state index contributed by atoms with van der Waals surface area (Å²) in [5.41, 5.74) is 0.951. The molecule has 1 aliphatic carbocycles. The Bertz CT molecular complexity index is 629. The summed E-state index contributed by atoms with van der Waals surface area (Å²) in [6, 6.07) is 5.54. The van der Waals surface area contributed by atoms with E-state index in [1.807, 2.05) is 23.1 Å². The highest BCUT2D eigenvalue weighted by atomic mass is 16.5. The number of hydrogen-bond donors (Lipinski definition) is 1. The topological polar surface area (TPSA) is 76.1 Å². The molecular weight excluding hydrogens is 298 g/mol. The Morgan fingerprint density at radius 3 is 2.61 bits per heavy atom. The van der Waals surface area contributed by atoms with Gasteiger partial charge in [0.25, 0.3) is 0 Å². The van der Waals surface area contributed by atoms with Gasteiger partial charge in [0, 0.05) is 18.2 Å². The average molecular weight is 319 g/mol. The lowest BCUT2D eigenvalue weighted by Gasteiger charge is -2.26. The largest absolute Gasteiger partial charge is 0.497 e. The maximum atomic E-state index is 12.6. The summed E-state index contributed by atoms with van der Waals surface area (Å²) in [4.78, 5) is 25.5. The van der Waals surface area contributed by atoms with E-state index in [1.165, 1.54) is 0 Å². The maximum Gasteiger partial charge on any atom is 0.307 e. The van der Waals surface area contributed by atoms with Gasteiger partial charge in [0.15, 0.2) is 0 Å². The molecule has 1 aromatic carbocycles. The summed E-state index contributed by atoms with van der Waals surface area (Å²) >= 11 is 0. The Balaban J connectivity index is 1.82. The number of carboxylic acids is 1. The molecular formula is C17H21NO5. The Kier molecular flexibility index (Phi) is 4.15. The summed E-state index contributed by atoms with van der Waals surface area (Å²) in [7, 11) is 3.19. The minimum Gasteiger partial charge on any atom is -0.497 e. The fourth-order valence-corrected chi connectivity index (χ4v) is 3.40. The smallest absolute Gasteiger partial charge is 0.307 e. The van der Waals surface area contributed by atoms with E-state index in [-0.39, 0.29) is 17.9 Å². The van der Waals surface area contributed by atoms with Gasteiger partial charge in [-0.1, -0.05) is 0 Å². The quantitative estimate of drug-likeness (QED) is 0.899. The van der Waals surface area contributed by atoms with Crippen molar-refractivity contribution in [3.63, 3.8) is 0 Å². The third-order valence-electron chi connectivity index (χ3n) is 4.76. The van der Waals surface area contributed by atoms with Gasteiger partial charge in [-0.15, -0.1) is 0 Å². The molecule has 1 aliphatic heterocycles. The molecule has 1 amide bonds. The Morgan fingerprint density at radius 2 is 2.00 bits per heavy atom. The molecule has 124 valence electrons. The van der Waals surface area contributed by atoms with Crippen LogP contribution in [0.15, 0.2) is 18.2 Å². The third kappa shape index (κ3) is 2.85. The number of methoxy groups -OCH3 is 2. The molecule has 2 fully saturated rings. The lowest BCUT2D eigenvalue weighted by Crippen LogP contribution is -2.32. The van der Waals surface area contributed by atoms with Crippen LogP contribution in [0.5, 0.6) is 11.5 Å². The van der Waals surface area contributed by atoms with E-state index in [0.717, 1.165) is 18.4 Å². The summed E-state index contributed by atoms with van der Waals surface area (Å²) in [6.07, 6.45) is 2.23. The van der Waals surface area contributed by atoms with Gasteiger partial charge < -0.3 is 19.5 Å². The summed E-state index contributed by atoms with van der Waals surface area (Å²) in [5.74, 6) is -0.396. The second kappa shape index (κ2) is 6.10. The zero-order valence-electron chi connectivity index (χ0n) is 13.3. The van der Waals surface area contributed by atoms with Crippen LogP contribution in [0, 0.1) is 11.8 Å². The molecule has 3 atom stereocenters. The molecule has 3 rings (SSSR count). The van der Waals surface area contributed by atoms with Crippen molar-refractivity contribution >= 4 is 11.9 Å². The third-order valence-corrected chi connectivity index (χ3v) is 4.76. The van der Waals surface area contributed by atoms with Crippen molar-refractivity contribution in [3.8, 4) is 11.5 Å². The molecule has 2 aliphatic rings. The molecule has 1 N–H and O–H groups in total. The fourth-order valence-electron chi connectivity index (χ4n) is 3.40. The van der Waals surface area contributed by atoms with E-state index in [4.69, 9.17) is 14.6 Å². The van der Waals surface area contributed by atoms with Gasteiger partial charge in [0.2, 0.25) is 5.91 Å². The van der Waals surface area contributed by atoms with Crippen LogP contribution < -0.4 is 9.47 Å². The van der Waals surface area contributed by atoms with Crippen LogP contribution in [-0.4, -0.2) is 42.6 Å². The van der Waals surface area contributed by atoms with E-state index < -0.39 is 11.9 Å². The highest BCUT2D eigenvalue weighted by molar-refractivity contribution is 5.90. The number of ether oxygens (including phenoxy) is 2. The van der Waals surface area contributed by atoms with Crippen LogP contribution in [0.2, 0.25) is 0 Å². The van der Waals surface area contributed by atoms with Crippen LogP contribution in [0.3, 0.4) is 0 Å². The minimum atomic E-state index is -0.874. The van der Waals surface area contributed by atoms with Crippen LogP contribution >= 0.6 is 0 Å². The molecule has 1 saturated carbocycles. The van der Waals surface area contributed by atoms with Crippen LogP contribution in [0.1, 0.15) is 30.9 Å². The first-order chi connectivity index (χ1) is 11.1. The first-order valence-electron chi connectivity index (χ1n) is 7.82. The van der Waals surface area contributed by atoms with Crippen molar-refractivity contribution < 1.29 is 24.2 Å². The highest BCUT2D eigenvalue weighted by Crippen LogP contribution is 2.45. The number of nitrogens with zero attached hydrogens (tertiary/aromatic N) is 1.